The minimum absolute atomic E-state index is 0.0110. The van der Waals surface area contributed by atoms with Gasteiger partial charge in [0.15, 0.2) is 12.6 Å². The fourth-order valence-electron chi connectivity index (χ4n) is 3.13. The third-order valence-corrected chi connectivity index (χ3v) is 4.68. The molecule has 2 rings (SSSR count). The molecule has 6 unspecified atom stereocenters. The van der Waals surface area contributed by atoms with Crippen molar-refractivity contribution in [2.45, 2.75) is 104 Å². The highest BCUT2D eigenvalue weighted by Crippen LogP contribution is 2.31. The molecule has 0 aromatic carbocycles. The van der Waals surface area contributed by atoms with Crippen molar-refractivity contribution in [3.05, 3.63) is 0 Å². The summed E-state index contributed by atoms with van der Waals surface area (Å²) in [5, 5.41) is 0. The summed E-state index contributed by atoms with van der Waals surface area (Å²) in [5.74, 6) is -2.03. The zero-order chi connectivity index (χ0) is 20.6. The van der Waals surface area contributed by atoms with Gasteiger partial charge in [-0.2, -0.15) is 0 Å². The van der Waals surface area contributed by atoms with Crippen LogP contribution in [0.5, 0.6) is 0 Å². The Morgan fingerprint density at radius 1 is 0.750 bits per heavy atom. The van der Waals surface area contributed by atoms with Crippen molar-refractivity contribution in [1.29, 1.82) is 0 Å². The summed E-state index contributed by atoms with van der Waals surface area (Å²) in [4.78, 5) is 0. The molecule has 2 fully saturated rings. The van der Waals surface area contributed by atoms with Gasteiger partial charge < -0.3 is 28.4 Å². The first kappa shape index (κ1) is 24.0. The Morgan fingerprint density at radius 3 is 1.39 bits per heavy atom. The smallest absolute Gasteiger partial charge is 0.285 e. The van der Waals surface area contributed by atoms with Crippen molar-refractivity contribution in [3.8, 4) is 0 Å². The molecule has 0 amide bonds. The van der Waals surface area contributed by atoms with Crippen LogP contribution in [0.15, 0.2) is 0 Å². The second-order valence-electron chi connectivity index (χ2n) is 7.20. The first-order chi connectivity index (χ1) is 13.4. The van der Waals surface area contributed by atoms with Gasteiger partial charge in [-0.3, -0.25) is 9.47 Å². The fraction of sp³-hybridized carbons (Fsp3) is 1.00. The van der Waals surface area contributed by atoms with Crippen molar-refractivity contribution in [1.82, 2.24) is 0 Å². The molecule has 0 radical (unpaired) electrons. The predicted octanol–water partition coefficient (Wildman–Crippen LogP) is 3.52. The third kappa shape index (κ3) is 6.60. The highest BCUT2D eigenvalue weighted by Gasteiger charge is 2.43. The van der Waals surface area contributed by atoms with Crippen LogP contribution in [-0.2, 0) is 37.9 Å². The van der Waals surface area contributed by atoms with E-state index in [1.165, 1.54) is 0 Å². The second kappa shape index (κ2) is 11.2. The Labute approximate surface area is 169 Å². The summed E-state index contributed by atoms with van der Waals surface area (Å²) in [6.45, 7) is 13.6. The zero-order valence-electron chi connectivity index (χ0n) is 18.2. The monoisotopic (exact) mass is 406 g/mol. The van der Waals surface area contributed by atoms with E-state index in [0.717, 1.165) is 0 Å². The SMILES string of the molecule is CCC(OCCOC(CC)OC1(CC)OCC(C)O1)OC1(CC)OCC(C)O1. The molecule has 8 nitrogen and oxygen atoms in total. The second-order valence-corrected chi connectivity index (χ2v) is 7.20. The molecule has 0 aromatic rings. The van der Waals surface area contributed by atoms with E-state index in [9.17, 15) is 0 Å². The lowest BCUT2D eigenvalue weighted by molar-refractivity contribution is -0.394. The summed E-state index contributed by atoms with van der Waals surface area (Å²) in [5.41, 5.74) is 0. The molecule has 2 heterocycles. The average Bonchev–Trinajstić information content (AvgIpc) is 3.26. The molecular formula is C20H38O8. The highest BCUT2D eigenvalue weighted by atomic mass is 16.9. The Balaban J connectivity index is 1.73. The van der Waals surface area contributed by atoms with Gasteiger partial charge in [0.2, 0.25) is 0 Å². The molecule has 28 heavy (non-hydrogen) atoms. The quantitative estimate of drug-likeness (QED) is 0.340. The van der Waals surface area contributed by atoms with Crippen LogP contribution in [0, 0.1) is 0 Å². The van der Waals surface area contributed by atoms with Crippen LogP contribution in [0.2, 0.25) is 0 Å². The topological polar surface area (TPSA) is 73.8 Å². The molecule has 2 aliphatic rings. The first-order valence-corrected chi connectivity index (χ1v) is 10.6. The number of ether oxygens (including phenoxy) is 8. The van der Waals surface area contributed by atoms with Crippen LogP contribution in [0.25, 0.3) is 0 Å². The molecule has 0 saturated carbocycles. The zero-order valence-corrected chi connectivity index (χ0v) is 18.2. The summed E-state index contributed by atoms with van der Waals surface area (Å²) in [6, 6.07) is 0. The van der Waals surface area contributed by atoms with Crippen molar-refractivity contribution < 1.29 is 37.9 Å². The van der Waals surface area contributed by atoms with Crippen LogP contribution in [0.1, 0.15) is 67.2 Å². The van der Waals surface area contributed by atoms with E-state index in [4.69, 9.17) is 37.9 Å². The van der Waals surface area contributed by atoms with E-state index >= 15 is 0 Å². The molecule has 0 aromatic heterocycles. The number of hydrogen-bond donors (Lipinski definition) is 0. The molecule has 6 atom stereocenters. The maximum absolute atomic E-state index is 5.96. The van der Waals surface area contributed by atoms with E-state index in [0.29, 0.717) is 52.1 Å². The maximum atomic E-state index is 5.96. The summed E-state index contributed by atoms with van der Waals surface area (Å²) in [7, 11) is 0. The minimum atomic E-state index is -1.02. The van der Waals surface area contributed by atoms with Gasteiger partial charge in [-0.25, -0.2) is 0 Å². The summed E-state index contributed by atoms with van der Waals surface area (Å²) in [6.07, 6.45) is 1.70. The van der Waals surface area contributed by atoms with E-state index in [1.807, 2.05) is 41.5 Å². The van der Waals surface area contributed by atoms with Crippen molar-refractivity contribution >= 4 is 0 Å². The van der Waals surface area contributed by atoms with E-state index < -0.39 is 24.5 Å². The normalized spacial score (nSPS) is 35.4. The summed E-state index contributed by atoms with van der Waals surface area (Å²) < 4.78 is 46.6. The van der Waals surface area contributed by atoms with Gasteiger partial charge in [0.1, 0.15) is 0 Å². The average molecular weight is 407 g/mol. The van der Waals surface area contributed by atoms with Crippen LogP contribution >= 0.6 is 0 Å². The lowest BCUT2D eigenvalue weighted by Crippen LogP contribution is -2.40. The van der Waals surface area contributed by atoms with Gasteiger partial charge >= 0.3 is 0 Å². The van der Waals surface area contributed by atoms with Crippen molar-refractivity contribution in [2.24, 2.45) is 0 Å². The molecule has 0 aliphatic carbocycles. The Kier molecular flexibility index (Phi) is 9.56. The fourth-order valence-corrected chi connectivity index (χ4v) is 3.13. The Morgan fingerprint density at radius 2 is 1.14 bits per heavy atom. The third-order valence-electron chi connectivity index (χ3n) is 4.68. The van der Waals surface area contributed by atoms with Crippen LogP contribution in [0.3, 0.4) is 0 Å². The molecule has 0 spiro atoms. The molecule has 166 valence electrons. The van der Waals surface area contributed by atoms with Crippen molar-refractivity contribution in [2.75, 3.05) is 26.4 Å². The van der Waals surface area contributed by atoms with Crippen LogP contribution in [-0.4, -0.2) is 63.2 Å². The Hall–Kier alpha value is -0.320. The largest absolute Gasteiger partial charge is 0.350 e. The first-order valence-electron chi connectivity index (χ1n) is 10.6. The van der Waals surface area contributed by atoms with Crippen molar-refractivity contribution in [3.63, 3.8) is 0 Å². The van der Waals surface area contributed by atoms with Crippen LogP contribution < -0.4 is 0 Å². The van der Waals surface area contributed by atoms with E-state index in [1.54, 1.807) is 0 Å². The lowest BCUT2D eigenvalue weighted by Gasteiger charge is -2.31. The van der Waals surface area contributed by atoms with E-state index in [2.05, 4.69) is 0 Å². The van der Waals surface area contributed by atoms with Gasteiger partial charge in [-0.15, -0.1) is 0 Å². The number of rotatable bonds is 13. The van der Waals surface area contributed by atoms with Gasteiger partial charge in [-0.05, 0) is 26.7 Å². The summed E-state index contributed by atoms with van der Waals surface area (Å²) >= 11 is 0. The standard InChI is InChI=1S/C20H38O8/c1-7-17(27-19(9-3)23-13-15(5)25-19)21-11-12-22-18(8-2)28-20(10-4)24-14-16(6)26-20/h15-18H,7-14H2,1-6H3. The highest BCUT2D eigenvalue weighted by molar-refractivity contribution is 4.69. The maximum Gasteiger partial charge on any atom is 0.285 e. The van der Waals surface area contributed by atoms with Crippen LogP contribution in [0.4, 0.5) is 0 Å². The van der Waals surface area contributed by atoms with Gasteiger partial charge in [0, 0.05) is 12.8 Å². The Bertz CT molecular complexity index is 410. The lowest BCUT2D eigenvalue weighted by atomic mass is 10.4. The predicted molar refractivity (Wildman–Crippen MR) is 101 cm³/mol. The minimum Gasteiger partial charge on any atom is -0.350 e. The number of hydrogen-bond acceptors (Lipinski definition) is 8. The molecule has 2 aliphatic heterocycles. The van der Waals surface area contributed by atoms with E-state index in [-0.39, 0.29) is 12.2 Å². The molecule has 2 saturated heterocycles. The molecule has 0 bridgehead atoms. The van der Waals surface area contributed by atoms with Gasteiger partial charge in [0.25, 0.3) is 11.9 Å². The molecule has 0 N–H and O–H groups in total. The van der Waals surface area contributed by atoms with Gasteiger partial charge in [0.05, 0.1) is 38.6 Å². The molecular weight excluding hydrogens is 368 g/mol. The molecule has 8 heteroatoms. The van der Waals surface area contributed by atoms with Gasteiger partial charge in [-0.1, -0.05) is 27.7 Å².